The summed E-state index contributed by atoms with van der Waals surface area (Å²) in [6, 6.07) is 2.42. The zero-order valence-corrected chi connectivity index (χ0v) is 17.5. The number of hydrogen-bond acceptors (Lipinski definition) is 4. The van der Waals surface area contributed by atoms with Crippen LogP contribution in [-0.2, 0) is 11.2 Å². The normalized spacial score (nSPS) is 25.9. The lowest BCUT2D eigenvalue weighted by Crippen LogP contribution is -2.62. The summed E-state index contributed by atoms with van der Waals surface area (Å²) < 4.78 is 5.85. The molecular weight excluding hydrogens is 352 g/mol. The van der Waals surface area contributed by atoms with Gasteiger partial charge in [-0.15, -0.1) is 0 Å². The molecule has 0 unspecified atom stereocenters. The van der Waals surface area contributed by atoms with Gasteiger partial charge in [-0.05, 0) is 70.3 Å². The maximum absolute atomic E-state index is 13.1. The van der Waals surface area contributed by atoms with Crippen LogP contribution in [-0.4, -0.2) is 60.1 Å². The molecule has 5 heteroatoms. The molecule has 2 fully saturated rings. The van der Waals surface area contributed by atoms with Gasteiger partial charge in [-0.3, -0.25) is 4.79 Å². The van der Waals surface area contributed by atoms with E-state index in [0.29, 0.717) is 13.0 Å². The highest BCUT2D eigenvalue weighted by atomic mass is 16.3. The molecule has 4 rings (SSSR count). The van der Waals surface area contributed by atoms with Gasteiger partial charge < -0.3 is 19.3 Å². The molecule has 1 aromatic heterocycles. The van der Waals surface area contributed by atoms with Gasteiger partial charge >= 0.3 is 0 Å². The molecule has 0 bridgehead atoms. The van der Waals surface area contributed by atoms with Crippen molar-refractivity contribution in [1.29, 1.82) is 0 Å². The molecule has 1 amide bonds. The van der Waals surface area contributed by atoms with Crippen LogP contribution in [0.4, 0.5) is 0 Å². The second-order valence-electron chi connectivity index (χ2n) is 8.99. The van der Waals surface area contributed by atoms with Crippen molar-refractivity contribution in [3.63, 3.8) is 0 Å². The number of piperidine rings is 2. The third-order valence-corrected chi connectivity index (χ3v) is 7.33. The van der Waals surface area contributed by atoms with Crippen molar-refractivity contribution in [2.24, 2.45) is 5.41 Å². The second kappa shape index (κ2) is 7.20. The van der Waals surface area contributed by atoms with Gasteiger partial charge in [0.05, 0.1) is 19.3 Å². The molecule has 3 heterocycles. The number of nitrogens with zero attached hydrogens (tertiary/aromatic N) is 2. The fraction of sp³-hybridized carbons (Fsp3) is 0.609. The lowest BCUT2D eigenvalue weighted by molar-refractivity contribution is -0.139. The Morgan fingerprint density at radius 3 is 2.79 bits per heavy atom. The summed E-state index contributed by atoms with van der Waals surface area (Å²) in [5.74, 6) is 0.158. The van der Waals surface area contributed by atoms with Gasteiger partial charge in [0.2, 0.25) is 5.91 Å². The Labute approximate surface area is 167 Å². The fourth-order valence-electron chi connectivity index (χ4n) is 5.43. The maximum Gasteiger partial charge on any atom is 0.227 e. The Bertz CT molecular complexity index is 903. The number of likely N-dealkylation sites (N-methyl/N-ethyl adjacent to an activating group) is 1. The molecule has 1 aromatic carbocycles. The van der Waals surface area contributed by atoms with Gasteiger partial charge in [-0.1, -0.05) is 6.07 Å². The van der Waals surface area contributed by atoms with Crippen LogP contribution in [0.1, 0.15) is 41.5 Å². The van der Waals surface area contributed by atoms with E-state index in [1.807, 2.05) is 4.90 Å². The molecule has 0 saturated carbocycles. The Balaban J connectivity index is 1.55. The van der Waals surface area contributed by atoms with E-state index in [2.05, 4.69) is 38.8 Å². The lowest BCUT2D eigenvalue weighted by atomic mass is 9.69. The van der Waals surface area contributed by atoms with E-state index in [-0.39, 0.29) is 24.0 Å². The number of hydrogen-bond donors (Lipinski definition) is 1. The number of fused-ring (bicyclic) bond motifs is 2. The minimum atomic E-state index is -0.0443. The largest absolute Gasteiger partial charge is 0.464 e. The van der Waals surface area contributed by atoms with Crippen LogP contribution < -0.4 is 0 Å². The fourth-order valence-corrected chi connectivity index (χ4v) is 5.43. The lowest BCUT2D eigenvalue weighted by Gasteiger charge is -2.53. The smallest absolute Gasteiger partial charge is 0.227 e. The number of furan rings is 1. The van der Waals surface area contributed by atoms with E-state index in [4.69, 9.17) is 4.42 Å². The summed E-state index contributed by atoms with van der Waals surface area (Å²) in [6.07, 6.45) is 5.20. The first-order chi connectivity index (χ1) is 13.4. The molecule has 2 aromatic rings. The Hall–Kier alpha value is -1.85. The highest BCUT2D eigenvalue weighted by molar-refractivity contribution is 5.92. The van der Waals surface area contributed by atoms with Crippen molar-refractivity contribution >= 4 is 16.9 Å². The van der Waals surface area contributed by atoms with Gasteiger partial charge in [0.15, 0.2) is 0 Å². The van der Waals surface area contributed by atoms with Crippen LogP contribution in [0.5, 0.6) is 0 Å². The quantitative estimate of drug-likeness (QED) is 0.883. The molecule has 0 radical (unpaired) electrons. The molecule has 28 heavy (non-hydrogen) atoms. The third kappa shape index (κ3) is 3.05. The van der Waals surface area contributed by atoms with Gasteiger partial charge in [-0.25, -0.2) is 0 Å². The molecular formula is C23H32N2O3. The van der Waals surface area contributed by atoms with Crippen LogP contribution in [0.25, 0.3) is 11.0 Å². The number of aliphatic hydroxyl groups excluding tert-OH is 1. The van der Waals surface area contributed by atoms with E-state index in [9.17, 15) is 9.90 Å². The van der Waals surface area contributed by atoms with Crippen molar-refractivity contribution in [3.8, 4) is 0 Å². The van der Waals surface area contributed by atoms with Gasteiger partial charge in [0.25, 0.3) is 0 Å². The second-order valence-corrected chi connectivity index (χ2v) is 8.99. The number of aryl methyl sites for hydroxylation is 3. The first kappa shape index (κ1) is 19.5. The average Bonchev–Trinajstić information content (AvgIpc) is 3.10. The summed E-state index contributed by atoms with van der Waals surface area (Å²) >= 11 is 0. The minimum Gasteiger partial charge on any atom is -0.464 e. The predicted octanol–water partition coefficient (Wildman–Crippen LogP) is 3.21. The monoisotopic (exact) mass is 384 g/mol. The predicted molar refractivity (Wildman–Crippen MR) is 110 cm³/mol. The van der Waals surface area contributed by atoms with Crippen molar-refractivity contribution in [2.45, 2.75) is 52.5 Å². The zero-order chi connectivity index (χ0) is 20.1. The molecule has 1 N–H and O–H groups in total. The van der Waals surface area contributed by atoms with Crippen LogP contribution in [0.15, 0.2) is 16.7 Å². The highest BCUT2D eigenvalue weighted by Gasteiger charge is 2.47. The topological polar surface area (TPSA) is 56.9 Å². The minimum absolute atomic E-state index is 0.0443. The number of aliphatic hydroxyl groups is 1. The molecule has 0 spiro atoms. The average molecular weight is 385 g/mol. The van der Waals surface area contributed by atoms with Crippen LogP contribution >= 0.6 is 0 Å². The number of carbonyl (C=O) groups is 1. The van der Waals surface area contributed by atoms with E-state index in [0.717, 1.165) is 54.4 Å². The first-order valence-corrected chi connectivity index (χ1v) is 10.4. The zero-order valence-electron chi connectivity index (χ0n) is 17.5. The van der Waals surface area contributed by atoms with Crippen LogP contribution in [0.2, 0.25) is 0 Å². The summed E-state index contributed by atoms with van der Waals surface area (Å²) in [4.78, 5) is 17.5. The SMILES string of the molecule is Cc1cc(C)c2c(CC(=O)N3CC[C@@]4(CO)CCCN(C)[C@@H]4C3)coc2c1C. The van der Waals surface area contributed by atoms with Crippen molar-refractivity contribution < 1.29 is 14.3 Å². The van der Waals surface area contributed by atoms with Gasteiger partial charge in [0.1, 0.15) is 5.58 Å². The molecule has 2 aliphatic heterocycles. The van der Waals surface area contributed by atoms with Crippen molar-refractivity contribution in [1.82, 2.24) is 9.80 Å². The summed E-state index contributed by atoms with van der Waals surface area (Å²) in [5.41, 5.74) is 5.38. The molecule has 2 atom stereocenters. The van der Waals surface area contributed by atoms with Crippen molar-refractivity contribution in [3.05, 3.63) is 34.6 Å². The van der Waals surface area contributed by atoms with E-state index in [1.165, 1.54) is 11.1 Å². The standard InChI is InChI=1S/C23H32N2O3/c1-15-10-16(2)21-18(13-28-22(21)17(15)3)11-20(27)25-9-7-23(14-26)6-5-8-24(4)19(23)12-25/h10,13,19,26H,5-9,11-12,14H2,1-4H3/t19-,23-/m1/s1. The maximum atomic E-state index is 13.1. The number of benzene rings is 1. The number of carbonyl (C=O) groups excluding carboxylic acids is 1. The molecule has 5 nitrogen and oxygen atoms in total. The number of amides is 1. The molecule has 152 valence electrons. The molecule has 0 aliphatic carbocycles. The van der Waals surface area contributed by atoms with Crippen molar-refractivity contribution in [2.75, 3.05) is 33.3 Å². The van der Waals surface area contributed by atoms with E-state index < -0.39 is 0 Å². The van der Waals surface area contributed by atoms with Gasteiger partial charge in [-0.2, -0.15) is 0 Å². The Morgan fingerprint density at radius 2 is 2.04 bits per heavy atom. The molecule has 2 saturated heterocycles. The van der Waals surface area contributed by atoms with E-state index >= 15 is 0 Å². The highest BCUT2D eigenvalue weighted by Crippen LogP contribution is 2.41. The van der Waals surface area contributed by atoms with Gasteiger partial charge in [0, 0.05) is 35.5 Å². The summed E-state index contributed by atoms with van der Waals surface area (Å²) in [7, 11) is 2.13. The number of likely N-dealkylation sites (tertiary alicyclic amines) is 2. The summed E-state index contributed by atoms with van der Waals surface area (Å²) in [5, 5.41) is 11.2. The summed E-state index contributed by atoms with van der Waals surface area (Å²) in [6.45, 7) is 8.96. The molecule has 2 aliphatic rings. The third-order valence-electron chi connectivity index (χ3n) is 7.33. The first-order valence-electron chi connectivity index (χ1n) is 10.4. The van der Waals surface area contributed by atoms with Crippen LogP contribution in [0.3, 0.4) is 0 Å². The van der Waals surface area contributed by atoms with Crippen LogP contribution in [0, 0.1) is 26.2 Å². The number of rotatable bonds is 3. The Morgan fingerprint density at radius 1 is 1.25 bits per heavy atom. The van der Waals surface area contributed by atoms with E-state index in [1.54, 1.807) is 6.26 Å². The Kier molecular flexibility index (Phi) is 5.00.